The number of rotatable bonds is 3. The Morgan fingerprint density at radius 3 is 2.84 bits per heavy atom. The maximum atomic E-state index is 13.6. The molecule has 0 bridgehead atoms. The van der Waals surface area contributed by atoms with Crippen LogP contribution in [0.25, 0.3) is 0 Å². The molecule has 19 heavy (non-hydrogen) atoms. The minimum Gasteiger partial charge on any atom is -0.389 e. The first-order chi connectivity index (χ1) is 8.85. The lowest BCUT2D eigenvalue weighted by molar-refractivity contribution is 0.252. The molecular formula is C14H19FN2S2. The zero-order valence-electron chi connectivity index (χ0n) is 11.3. The second kappa shape index (κ2) is 5.77. The van der Waals surface area contributed by atoms with Gasteiger partial charge in [0.15, 0.2) is 0 Å². The summed E-state index contributed by atoms with van der Waals surface area (Å²) in [6, 6.07) is 4.85. The highest BCUT2D eigenvalue weighted by molar-refractivity contribution is 8.00. The molecule has 1 aromatic carbocycles. The normalized spacial score (nSPS) is 19.3. The standard InChI is InChI=1S/C14H19FN2S2/c1-14(2)9-17(3-4-19-14)8-10-5-11(13(16)18)7-12(15)6-10/h5-7H,3-4,8-9H2,1-2H3,(H2,16,18). The van der Waals surface area contributed by atoms with Gasteiger partial charge in [0.25, 0.3) is 0 Å². The fourth-order valence-corrected chi connectivity index (χ4v) is 3.69. The summed E-state index contributed by atoms with van der Waals surface area (Å²) in [4.78, 5) is 2.60. The Kier molecular flexibility index (Phi) is 4.48. The van der Waals surface area contributed by atoms with E-state index < -0.39 is 0 Å². The fraction of sp³-hybridized carbons (Fsp3) is 0.500. The van der Waals surface area contributed by atoms with Gasteiger partial charge in [0.05, 0.1) is 0 Å². The molecule has 2 N–H and O–H groups in total. The van der Waals surface area contributed by atoms with Crippen molar-refractivity contribution in [2.75, 3.05) is 18.8 Å². The molecule has 1 aliphatic heterocycles. The molecule has 0 spiro atoms. The van der Waals surface area contributed by atoms with Gasteiger partial charge in [-0.05, 0) is 37.6 Å². The maximum Gasteiger partial charge on any atom is 0.124 e. The molecule has 0 saturated carbocycles. The lowest BCUT2D eigenvalue weighted by atomic mass is 10.1. The first-order valence-electron chi connectivity index (χ1n) is 6.31. The van der Waals surface area contributed by atoms with E-state index in [1.807, 2.05) is 17.8 Å². The molecule has 2 nitrogen and oxygen atoms in total. The van der Waals surface area contributed by atoms with Gasteiger partial charge in [0.1, 0.15) is 10.8 Å². The highest BCUT2D eigenvalue weighted by Gasteiger charge is 2.26. The monoisotopic (exact) mass is 298 g/mol. The number of halogens is 1. The van der Waals surface area contributed by atoms with E-state index in [0.29, 0.717) is 5.56 Å². The summed E-state index contributed by atoms with van der Waals surface area (Å²) in [6.45, 7) is 7.28. The van der Waals surface area contributed by atoms with Crippen LogP contribution in [0.4, 0.5) is 4.39 Å². The minimum absolute atomic E-state index is 0.246. The van der Waals surface area contributed by atoms with Crippen LogP contribution in [0.5, 0.6) is 0 Å². The van der Waals surface area contributed by atoms with E-state index in [1.165, 1.54) is 6.07 Å². The summed E-state index contributed by atoms with van der Waals surface area (Å²) in [5.74, 6) is 0.843. The van der Waals surface area contributed by atoms with Gasteiger partial charge in [0.2, 0.25) is 0 Å². The van der Waals surface area contributed by atoms with E-state index >= 15 is 0 Å². The molecule has 5 heteroatoms. The third-order valence-corrected chi connectivity index (χ3v) is 4.69. The number of hydrogen-bond donors (Lipinski definition) is 1. The summed E-state index contributed by atoms with van der Waals surface area (Å²) in [5, 5.41) is 0. The van der Waals surface area contributed by atoms with E-state index in [2.05, 4.69) is 18.7 Å². The van der Waals surface area contributed by atoms with Crippen molar-refractivity contribution in [3.63, 3.8) is 0 Å². The number of hydrogen-bond acceptors (Lipinski definition) is 3. The van der Waals surface area contributed by atoms with Crippen LogP contribution in [0, 0.1) is 5.82 Å². The van der Waals surface area contributed by atoms with Crippen molar-refractivity contribution in [3.8, 4) is 0 Å². The third kappa shape index (κ3) is 4.16. The number of nitrogens with zero attached hydrogens (tertiary/aromatic N) is 1. The second-order valence-electron chi connectivity index (χ2n) is 5.53. The Bertz CT molecular complexity index is 488. The summed E-state index contributed by atoms with van der Waals surface area (Å²) in [6.07, 6.45) is 0. The molecule has 1 fully saturated rings. The molecule has 1 aliphatic rings. The van der Waals surface area contributed by atoms with Crippen molar-refractivity contribution in [1.82, 2.24) is 4.90 Å². The summed E-state index contributed by atoms with van der Waals surface area (Å²) in [7, 11) is 0. The van der Waals surface area contributed by atoms with Crippen molar-refractivity contribution in [2.24, 2.45) is 5.73 Å². The SMILES string of the molecule is CC1(C)CN(Cc2cc(F)cc(C(N)=S)c2)CCS1. The predicted molar refractivity (Wildman–Crippen MR) is 84.1 cm³/mol. The largest absolute Gasteiger partial charge is 0.389 e. The molecule has 0 aliphatic carbocycles. The van der Waals surface area contributed by atoms with E-state index in [1.54, 1.807) is 6.07 Å². The average molecular weight is 298 g/mol. The molecule has 1 aromatic rings. The summed E-state index contributed by atoms with van der Waals surface area (Å²) in [5.41, 5.74) is 7.12. The van der Waals surface area contributed by atoms with Crippen molar-refractivity contribution in [1.29, 1.82) is 0 Å². The highest BCUT2D eigenvalue weighted by Crippen LogP contribution is 2.30. The maximum absolute atomic E-state index is 13.6. The van der Waals surface area contributed by atoms with Crippen LogP contribution in [0.1, 0.15) is 25.0 Å². The number of thioether (sulfide) groups is 1. The molecule has 0 radical (unpaired) electrons. The molecule has 0 unspecified atom stereocenters. The molecule has 0 aromatic heterocycles. The van der Waals surface area contributed by atoms with Gasteiger partial charge in [-0.1, -0.05) is 12.2 Å². The van der Waals surface area contributed by atoms with Crippen LogP contribution in [0.15, 0.2) is 18.2 Å². The van der Waals surface area contributed by atoms with Crippen LogP contribution < -0.4 is 5.73 Å². The Hall–Kier alpha value is -0.650. The number of benzene rings is 1. The quantitative estimate of drug-likeness (QED) is 0.869. The van der Waals surface area contributed by atoms with Crippen LogP contribution in [-0.2, 0) is 6.54 Å². The Morgan fingerprint density at radius 2 is 2.21 bits per heavy atom. The second-order valence-corrected chi connectivity index (χ2v) is 7.77. The van der Waals surface area contributed by atoms with Gasteiger partial charge in [-0.15, -0.1) is 0 Å². The van der Waals surface area contributed by atoms with E-state index in [0.717, 1.165) is 31.0 Å². The van der Waals surface area contributed by atoms with Gasteiger partial charge in [0, 0.05) is 35.7 Å². The van der Waals surface area contributed by atoms with Gasteiger partial charge in [-0.2, -0.15) is 11.8 Å². The Balaban J connectivity index is 2.12. The van der Waals surface area contributed by atoms with Crippen molar-refractivity contribution < 1.29 is 4.39 Å². The van der Waals surface area contributed by atoms with E-state index in [-0.39, 0.29) is 15.6 Å². The number of thiocarbonyl (C=S) groups is 1. The first-order valence-corrected chi connectivity index (χ1v) is 7.71. The molecule has 1 saturated heterocycles. The lowest BCUT2D eigenvalue weighted by Crippen LogP contribution is -2.42. The molecule has 0 atom stereocenters. The Labute approximate surface area is 123 Å². The van der Waals surface area contributed by atoms with Crippen LogP contribution in [-0.4, -0.2) is 33.5 Å². The zero-order valence-corrected chi connectivity index (χ0v) is 12.9. The molecule has 1 heterocycles. The van der Waals surface area contributed by atoms with Crippen LogP contribution >= 0.6 is 24.0 Å². The fourth-order valence-electron chi connectivity index (χ4n) is 2.39. The van der Waals surface area contributed by atoms with Crippen molar-refractivity contribution >= 4 is 29.0 Å². The van der Waals surface area contributed by atoms with Gasteiger partial charge in [-0.25, -0.2) is 4.39 Å². The number of nitrogens with two attached hydrogens (primary N) is 1. The van der Waals surface area contributed by atoms with Gasteiger partial charge < -0.3 is 5.73 Å². The van der Waals surface area contributed by atoms with Crippen molar-refractivity contribution in [2.45, 2.75) is 25.1 Å². The third-order valence-electron chi connectivity index (χ3n) is 3.15. The van der Waals surface area contributed by atoms with E-state index in [4.69, 9.17) is 18.0 Å². The molecule has 2 rings (SSSR count). The van der Waals surface area contributed by atoms with Crippen LogP contribution in [0.3, 0.4) is 0 Å². The van der Waals surface area contributed by atoms with Crippen LogP contribution in [0.2, 0.25) is 0 Å². The molecular weight excluding hydrogens is 279 g/mol. The summed E-state index contributed by atoms with van der Waals surface area (Å²) < 4.78 is 13.8. The van der Waals surface area contributed by atoms with E-state index in [9.17, 15) is 4.39 Å². The van der Waals surface area contributed by atoms with Gasteiger partial charge >= 0.3 is 0 Å². The minimum atomic E-state index is -0.272. The predicted octanol–water partition coefficient (Wildman–Crippen LogP) is 2.79. The van der Waals surface area contributed by atoms with Crippen molar-refractivity contribution in [3.05, 3.63) is 35.1 Å². The average Bonchev–Trinajstić information content (AvgIpc) is 2.26. The van der Waals surface area contributed by atoms with Gasteiger partial charge in [-0.3, -0.25) is 4.90 Å². The zero-order chi connectivity index (χ0) is 14.0. The first kappa shape index (κ1) is 14.8. The Morgan fingerprint density at radius 1 is 1.47 bits per heavy atom. The smallest absolute Gasteiger partial charge is 0.124 e. The molecule has 104 valence electrons. The summed E-state index contributed by atoms with van der Waals surface area (Å²) >= 11 is 6.91. The topological polar surface area (TPSA) is 29.3 Å². The highest BCUT2D eigenvalue weighted by atomic mass is 32.2. The lowest BCUT2D eigenvalue weighted by Gasteiger charge is -2.37. The molecule has 0 amide bonds.